The molecule has 0 radical (unpaired) electrons. The van der Waals surface area contributed by atoms with Crippen molar-refractivity contribution in [2.45, 2.75) is 13.0 Å². The molecule has 7 heteroatoms. The highest BCUT2D eigenvalue weighted by molar-refractivity contribution is 5.73. The SMILES string of the molecule is C[C@@H]1CN(c2ccn3nc(-c4ccco4)c(C#N)c3n2)CCN1. The van der Waals surface area contributed by atoms with Gasteiger partial charge in [-0.3, -0.25) is 0 Å². The van der Waals surface area contributed by atoms with Crippen molar-refractivity contribution in [1.29, 1.82) is 5.26 Å². The molecule has 116 valence electrons. The van der Waals surface area contributed by atoms with Gasteiger partial charge in [0.1, 0.15) is 23.1 Å². The van der Waals surface area contributed by atoms with E-state index in [4.69, 9.17) is 4.42 Å². The van der Waals surface area contributed by atoms with Crippen LogP contribution in [-0.2, 0) is 0 Å². The fourth-order valence-electron chi connectivity index (χ4n) is 2.92. The Kier molecular flexibility index (Phi) is 3.24. The quantitative estimate of drug-likeness (QED) is 0.775. The number of hydrogen-bond donors (Lipinski definition) is 1. The third kappa shape index (κ3) is 2.33. The molecule has 23 heavy (non-hydrogen) atoms. The van der Waals surface area contributed by atoms with Crippen LogP contribution in [0.1, 0.15) is 12.5 Å². The van der Waals surface area contributed by atoms with Gasteiger partial charge in [0, 0.05) is 31.9 Å². The van der Waals surface area contributed by atoms with E-state index in [2.05, 4.69) is 33.3 Å². The summed E-state index contributed by atoms with van der Waals surface area (Å²) >= 11 is 0. The number of nitrogens with zero attached hydrogens (tertiary/aromatic N) is 5. The summed E-state index contributed by atoms with van der Waals surface area (Å²) in [5, 5.41) is 17.4. The Hall–Kier alpha value is -2.85. The third-order valence-corrected chi connectivity index (χ3v) is 4.03. The first kappa shape index (κ1) is 13.8. The van der Waals surface area contributed by atoms with E-state index in [-0.39, 0.29) is 0 Å². The van der Waals surface area contributed by atoms with E-state index in [0.717, 1.165) is 25.5 Å². The van der Waals surface area contributed by atoms with Crippen LogP contribution in [0.2, 0.25) is 0 Å². The third-order valence-electron chi connectivity index (χ3n) is 4.03. The zero-order valence-corrected chi connectivity index (χ0v) is 12.7. The van der Waals surface area contributed by atoms with Crippen LogP contribution in [-0.4, -0.2) is 40.3 Å². The van der Waals surface area contributed by atoms with E-state index in [1.54, 1.807) is 22.9 Å². The lowest BCUT2D eigenvalue weighted by Crippen LogP contribution is -2.49. The molecule has 0 saturated carbocycles. The molecule has 0 unspecified atom stereocenters. The van der Waals surface area contributed by atoms with Gasteiger partial charge < -0.3 is 14.6 Å². The summed E-state index contributed by atoms with van der Waals surface area (Å²) in [6.07, 6.45) is 3.42. The highest BCUT2D eigenvalue weighted by Crippen LogP contribution is 2.26. The maximum absolute atomic E-state index is 9.54. The maximum Gasteiger partial charge on any atom is 0.175 e. The summed E-state index contributed by atoms with van der Waals surface area (Å²) in [7, 11) is 0. The Labute approximate surface area is 133 Å². The Morgan fingerprint density at radius 2 is 2.35 bits per heavy atom. The van der Waals surface area contributed by atoms with Crippen LogP contribution < -0.4 is 10.2 Å². The molecular formula is C16H16N6O. The Bertz CT molecular complexity index is 876. The molecule has 1 saturated heterocycles. The molecule has 1 N–H and O–H groups in total. The van der Waals surface area contributed by atoms with Gasteiger partial charge in [0.15, 0.2) is 11.4 Å². The van der Waals surface area contributed by atoms with Gasteiger partial charge in [-0.2, -0.15) is 10.4 Å². The van der Waals surface area contributed by atoms with E-state index in [0.29, 0.717) is 28.7 Å². The lowest BCUT2D eigenvalue weighted by atomic mass is 10.2. The number of aromatic nitrogens is 3. The molecular weight excluding hydrogens is 292 g/mol. The average molecular weight is 308 g/mol. The fraction of sp³-hybridized carbons (Fsp3) is 0.312. The highest BCUT2D eigenvalue weighted by Gasteiger charge is 2.21. The molecule has 7 nitrogen and oxygen atoms in total. The number of piperazine rings is 1. The predicted molar refractivity (Wildman–Crippen MR) is 85.1 cm³/mol. The molecule has 3 aromatic rings. The van der Waals surface area contributed by atoms with Gasteiger partial charge in [-0.25, -0.2) is 9.50 Å². The monoisotopic (exact) mass is 308 g/mol. The van der Waals surface area contributed by atoms with Crippen molar-refractivity contribution in [3.63, 3.8) is 0 Å². The number of anilines is 1. The number of nitrogens with one attached hydrogen (secondary N) is 1. The van der Waals surface area contributed by atoms with E-state index in [1.165, 1.54) is 0 Å². The van der Waals surface area contributed by atoms with Crippen molar-refractivity contribution in [2.24, 2.45) is 0 Å². The molecule has 1 fully saturated rings. The molecule has 0 aliphatic carbocycles. The first-order valence-electron chi connectivity index (χ1n) is 7.58. The molecule has 1 atom stereocenters. The minimum Gasteiger partial charge on any atom is -0.463 e. The average Bonchev–Trinajstić information content (AvgIpc) is 3.21. The largest absolute Gasteiger partial charge is 0.463 e. The van der Waals surface area contributed by atoms with Gasteiger partial charge >= 0.3 is 0 Å². The van der Waals surface area contributed by atoms with Crippen LogP contribution in [0.4, 0.5) is 5.82 Å². The lowest BCUT2D eigenvalue weighted by Gasteiger charge is -2.32. The highest BCUT2D eigenvalue weighted by atomic mass is 16.3. The molecule has 1 aliphatic rings. The molecule has 0 amide bonds. The second kappa shape index (κ2) is 5.41. The lowest BCUT2D eigenvalue weighted by molar-refractivity contribution is 0.482. The van der Waals surface area contributed by atoms with Crippen LogP contribution in [0, 0.1) is 11.3 Å². The van der Waals surface area contributed by atoms with Crippen molar-refractivity contribution < 1.29 is 4.42 Å². The summed E-state index contributed by atoms with van der Waals surface area (Å²) in [4.78, 5) is 6.89. The smallest absolute Gasteiger partial charge is 0.175 e. The van der Waals surface area contributed by atoms with Crippen molar-refractivity contribution in [2.75, 3.05) is 24.5 Å². The van der Waals surface area contributed by atoms with E-state index >= 15 is 0 Å². The molecule has 0 bridgehead atoms. The van der Waals surface area contributed by atoms with Crippen LogP contribution in [0.15, 0.2) is 35.1 Å². The molecule has 0 spiro atoms. The van der Waals surface area contributed by atoms with Gasteiger partial charge in [-0.1, -0.05) is 0 Å². The number of hydrogen-bond acceptors (Lipinski definition) is 6. The Balaban J connectivity index is 1.81. The molecule has 4 heterocycles. The van der Waals surface area contributed by atoms with E-state index in [1.807, 2.05) is 12.3 Å². The zero-order valence-electron chi connectivity index (χ0n) is 12.7. The number of fused-ring (bicyclic) bond motifs is 1. The second-order valence-electron chi connectivity index (χ2n) is 5.67. The van der Waals surface area contributed by atoms with Crippen molar-refractivity contribution >= 4 is 11.5 Å². The number of furan rings is 1. The second-order valence-corrected chi connectivity index (χ2v) is 5.67. The van der Waals surface area contributed by atoms with Crippen molar-refractivity contribution in [3.05, 3.63) is 36.2 Å². The Morgan fingerprint density at radius 3 is 3.09 bits per heavy atom. The van der Waals surface area contributed by atoms with Crippen molar-refractivity contribution in [1.82, 2.24) is 19.9 Å². The summed E-state index contributed by atoms with van der Waals surface area (Å²) < 4.78 is 7.01. The normalized spacial score (nSPS) is 18.3. The number of nitriles is 1. The predicted octanol–water partition coefficient (Wildman–Crippen LogP) is 1.66. The molecule has 1 aliphatic heterocycles. The first-order chi connectivity index (χ1) is 11.3. The maximum atomic E-state index is 9.54. The summed E-state index contributed by atoms with van der Waals surface area (Å²) in [6.45, 7) is 4.87. The summed E-state index contributed by atoms with van der Waals surface area (Å²) in [5.41, 5.74) is 1.52. The molecule has 4 rings (SSSR count). The minimum atomic E-state index is 0.417. The van der Waals surface area contributed by atoms with Gasteiger partial charge in [0.2, 0.25) is 0 Å². The van der Waals surface area contributed by atoms with Gasteiger partial charge in [-0.05, 0) is 25.1 Å². The van der Waals surface area contributed by atoms with E-state index in [9.17, 15) is 5.26 Å². The van der Waals surface area contributed by atoms with E-state index < -0.39 is 0 Å². The zero-order chi connectivity index (χ0) is 15.8. The molecule has 3 aromatic heterocycles. The summed E-state index contributed by atoms with van der Waals surface area (Å²) in [5.74, 6) is 1.44. The minimum absolute atomic E-state index is 0.417. The van der Waals surface area contributed by atoms with Crippen LogP contribution in [0.25, 0.3) is 17.1 Å². The van der Waals surface area contributed by atoms with Crippen LogP contribution >= 0.6 is 0 Å². The van der Waals surface area contributed by atoms with Gasteiger partial charge in [0.05, 0.1) is 6.26 Å². The topological polar surface area (TPSA) is 82.4 Å². The standard InChI is InChI=1S/C16H16N6O/c1-11-10-21(7-5-18-11)14-4-6-22-16(19-14)12(9-17)15(20-22)13-3-2-8-23-13/h2-4,6,8,11,18H,5,7,10H2,1H3/t11-/m1/s1. The Morgan fingerprint density at radius 1 is 1.43 bits per heavy atom. The first-order valence-corrected chi connectivity index (χ1v) is 7.58. The molecule has 0 aromatic carbocycles. The fourth-order valence-corrected chi connectivity index (χ4v) is 2.92. The van der Waals surface area contributed by atoms with Crippen molar-refractivity contribution in [3.8, 4) is 17.5 Å². The van der Waals surface area contributed by atoms with Gasteiger partial charge in [0.25, 0.3) is 0 Å². The number of rotatable bonds is 2. The summed E-state index contributed by atoms with van der Waals surface area (Å²) in [6, 6.07) is 8.13. The van der Waals surface area contributed by atoms with Crippen LogP contribution in [0.5, 0.6) is 0 Å². The van der Waals surface area contributed by atoms with Crippen LogP contribution in [0.3, 0.4) is 0 Å². The van der Waals surface area contributed by atoms with Gasteiger partial charge in [-0.15, -0.1) is 0 Å².